The maximum Gasteiger partial charge on any atom is 0.433 e. The van der Waals surface area contributed by atoms with Crippen LogP contribution in [0.2, 0.25) is 0 Å². The fourth-order valence-corrected chi connectivity index (χ4v) is 2.33. The molecule has 7 nitrogen and oxygen atoms in total. The summed E-state index contributed by atoms with van der Waals surface area (Å²) in [4.78, 5) is 23.6. The summed E-state index contributed by atoms with van der Waals surface area (Å²) in [7, 11) is 1.37. The summed E-state index contributed by atoms with van der Waals surface area (Å²) in [6.07, 6.45) is 2.72. The lowest BCUT2D eigenvalue weighted by Crippen LogP contribution is -2.44. The maximum absolute atomic E-state index is 11.7. The van der Waals surface area contributed by atoms with Crippen LogP contribution in [0.25, 0.3) is 0 Å². The molecule has 1 aromatic rings. The first-order valence-corrected chi connectivity index (χ1v) is 6.17. The molecule has 1 fully saturated rings. The van der Waals surface area contributed by atoms with Crippen LogP contribution in [0.1, 0.15) is 25.0 Å². The molecule has 104 valence electrons. The van der Waals surface area contributed by atoms with Gasteiger partial charge in [0.25, 0.3) is 0 Å². The molecule has 0 radical (unpaired) electrons. The number of methoxy groups -OCH3 is 1. The third kappa shape index (κ3) is 3.11. The Hall–Kier alpha value is -1.89. The first-order chi connectivity index (χ1) is 9.11. The van der Waals surface area contributed by atoms with E-state index in [-0.39, 0.29) is 17.9 Å². The Labute approximate surface area is 110 Å². The van der Waals surface area contributed by atoms with Gasteiger partial charge in [0.1, 0.15) is 16.7 Å². The minimum absolute atomic E-state index is 0.263. The van der Waals surface area contributed by atoms with Crippen LogP contribution in [-0.2, 0) is 16.1 Å². The summed E-state index contributed by atoms with van der Waals surface area (Å²) in [5.41, 5.74) is 0. The predicted molar refractivity (Wildman–Crippen MR) is 65.4 cm³/mol. The average molecular weight is 268 g/mol. The van der Waals surface area contributed by atoms with Gasteiger partial charge in [0.15, 0.2) is 0 Å². The lowest BCUT2D eigenvalue weighted by atomic mass is 10.0. The van der Waals surface area contributed by atoms with Crippen molar-refractivity contribution in [2.24, 2.45) is 0 Å². The maximum atomic E-state index is 11.7. The number of rotatable bonds is 4. The van der Waals surface area contributed by atoms with Crippen molar-refractivity contribution in [1.29, 1.82) is 0 Å². The molecule has 7 heteroatoms. The van der Waals surface area contributed by atoms with E-state index < -0.39 is 4.92 Å². The monoisotopic (exact) mass is 268 g/mol. The normalized spacial score (nSPS) is 20.2. The van der Waals surface area contributed by atoms with E-state index in [1.165, 1.54) is 13.2 Å². The summed E-state index contributed by atoms with van der Waals surface area (Å²) < 4.78 is 9.90. The lowest BCUT2D eigenvalue weighted by Gasteiger charge is -2.32. The van der Waals surface area contributed by atoms with Gasteiger partial charge in [-0.3, -0.25) is 19.8 Å². The van der Waals surface area contributed by atoms with Gasteiger partial charge in [-0.2, -0.15) is 0 Å². The van der Waals surface area contributed by atoms with Gasteiger partial charge in [-0.25, -0.2) is 0 Å². The van der Waals surface area contributed by atoms with Crippen LogP contribution in [0.5, 0.6) is 0 Å². The molecule has 0 bridgehead atoms. The van der Waals surface area contributed by atoms with Crippen LogP contribution in [0.3, 0.4) is 0 Å². The zero-order valence-corrected chi connectivity index (χ0v) is 10.7. The lowest BCUT2D eigenvalue weighted by molar-refractivity contribution is -0.402. The van der Waals surface area contributed by atoms with Crippen LogP contribution in [-0.4, -0.2) is 35.5 Å². The summed E-state index contributed by atoms with van der Waals surface area (Å²) in [5, 5.41) is 10.5. The van der Waals surface area contributed by atoms with Gasteiger partial charge in [-0.15, -0.1) is 0 Å². The minimum Gasteiger partial charge on any atom is -0.468 e. The number of esters is 1. The largest absolute Gasteiger partial charge is 0.468 e. The third-order valence-corrected chi connectivity index (χ3v) is 3.27. The number of carbonyl (C=O) groups excluding carboxylic acids is 1. The fourth-order valence-electron chi connectivity index (χ4n) is 2.33. The van der Waals surface area contributed by atoms with Crippen LogP contribution in [0.4, 0.5) is 5.88 Å². The summed E-state index contributed by atoms with van der Waals surface area (Å²) >= 11 is 0. The van der Waals surface area contributed by atoms with Gasteiger partial charge in [0.2, 0.25) is 0 Å². The molecular formula is C12H16N2O5. The molecule has 0 amide bonds. The summed E-state index contributed by atoms with van der Waals surface area (Å²) in [6.45, 7) is 1.14. The molecule has 2 rings (SSSR count). The number of nitro groups is 1. The smallest absolute Gasteiger partial charge is 0.433 e. The number of nitrogens with zero attached hydrogens (tertiary/aromatic N) is 2. The van der Waals surface area contributed by atoms with E-state index >= 15 is 0 Å². The molecule has 0 unspecified atom stereocenters. The number of hydrogen-bond acceptors (Lipinski definition) is 6. The Kier molecular flexibility index (Phi) is 4.16. The molecule has 0 N–H and O–H groups in total. The van der Waals surface area contributed by atoms with E-state index in [0.717, 1.165) is 25.8 Å². The molecule has 1 aliphatic rings. The number of likely N-dealkylation sites (tertiary alicyclic amines) is 1. The van der Waals surface area contributed by atoms with Gasteiger partial charge in [0.05, 0.1) is 19.7 Å². The molecule has 0 spiro atoms. The van der Waals surface area contributed by atoms with Crippen molar-refractivity contribution in [2.45, 2.75) is 31.8 Å². The average Bonchev–Trinajstić information content (AvgIpc) is 2.87. The predicted octanol–water partition coefficient (Wildman–Crippen LogP) is 1.72. The zero-order chi connectivity index (χ0) is 13.8. The number of hydrogen-bond donors (Lipinski definition) is 0. The van der Waals surface area contributed by atoms with Crippen LogP contribution >= 0.6 is 0 Å². The number of carbonyl (C=O) groups is 1. The van der Waals surface area contributed by atoms with E-state index in [0.29, 0.717) is 12.3 Å². The van der Waals surface area contributed by atoms with Crippen LogP contribution in [0, 0.1) is 10.1 Å². The van der Waals surface area contributed by atoms with Crippen LogP contribution < -0.4 is 0 Å². The second-order valence-corrected chi connectivity index (χ2v) is 4.50. The first kappa shape index (κ1) is 13.5. The SMILES string of the molecule is COC(=O)[C@H]1CCCCN1Cc1ccc([N+](=O)[O-])o1. The van der Waals surface area contributed by atoms with Gasteiger partial charge >= 0.3 is 11.9 Å². The van der Waals surface area contributed by atoms with Gasteiger partial charge < -0.3 is 9.15 Å². The topological polar surface area (TPSA) is 85.8 Å². The van der Waals surface area contributed by atoms with Crippen molar-refractivity contribution in [3.8, 4) is 0 Å². The molecule has 2 heterocycles. The molecule has 0 aliphatic carbocycles. The Morgan fingerprint density at radius 2 is 2.37 bits per heavy atom. The van der Waals surface area contributed by atoms with Crippen molar-refractivity contribution in [1.82, 2.24) is 4.90 Å². The second kappa shape index (κ2) is 5.83. The van der Waals surface area contributed by atoms with Crippen molar-refractivity contribution in [3.05, 3.63) is 28.0 Å². The fraction of sp³-hybridized carbons (Fsp3) is 0.583. The number of piperidine rings is 1. The molecule has 1 aromatic heterocycles. The van der Waals surface area contributed by atoms with Crippen molar-refractivity contribution in [3.63, 3.8) is 0 Å². The van der Waals surface area contributed by atoms with E-state index in [2.05, 4.69) is 0 Å². The zero-order valence-electron chi connectivity index (χ0n) is 10.7. The molecule has 0 aromatic carbocycles. The molecule has 1 atom stereocenters. The third-order valence-electron chi connectivity index (χ3n) is 3.27. The highest BCUT2D eigenvalue weighted by atomic mass is 16.6. The second-order valence-electron chi connectivity index (χ2n) is 4.50. The standard InChI is InChI=1S/C12H16N2O5/c1-18-12(15)10-4-2-3-7-13(10)8-9-5-6-11(19-9)14(16)17/h5-6,10H,2-4,7-8H2,1H3/t10-/m1/s1. The molecule has 1 aliphatic heterocycles. The van der Waals surface area contributed by atoms with Gasteiger partial charge in [0, 0.05) is 0 Å². The van der Waals surface area contributed by atoms with E-state index in [9.17, 15) is 14.9 Å². The van der Waals surface area contributed by atoms with Crippen molar-refractivity contribution < 1.29 is 18.9 Å². The minimum atomic E-state index is -0.572. The molecule has 19 heavy (non-hydrogen) atoms. The number of ether oxygens (including phenoxy) is 1. The highest BCUT2D eigenvalue weighted by Crippen LogP contribution is 2.23. The van der Waals surface area contributed by atoms with Gasteiger partial charge in [-0.1, -0.05) is 6.42 Å². The van der Waals surface area contributed by atoms with E-state index in [1.807, 2.05) is 4.90 Å². The molecule has 1 saturated heterocycles. The van der Waals surface area contributed by atoms with Crippen LogP contribution in [0.15, 0.2) is 16.5 Å². The highest BCUT2D eigenvalue weighted by Gasteiger charge is 2.30. The summed E-state index contributed by atoms with van der Waals surface area (Å²) in [5.74, 6) is -0.0510. The Bertz CT molecular complexity index is 470. The molecular weight excluding hydrogens is 252 g/mol. The van der Waals surface area contributed by atoms with E-state index in [1.54, 1.807) is 6.07 Å². The Morgan fingerprint density at radius 1 is 1.58 bits per heavy atom. The van der Waals surface area contributed by atoms with Crippen molar-refractivity contribution >= 4 is 11.9 Å². The first-order valence-electron chi connectivity index (χ1n) is 6.17. The van der Waals surface area contributed by atoms with Gasteiger partial charge in [-0.05, 0) is 25.5 Å². The molecule has 0 saturated carbocycles. The Morgan fingerprint density at radius 3 is 3.00 bits per heavy atom. The van der Waals surface area contributed by atoms with Crippen molar-refractivity contribution in [2.75, 3.05) is 13.7 Å². The quantitative estimate of drug-likeness (QED) is 0.469. The number of furan rings is 1. The summed E-state index contributed by atoms with van der Waals surface area (Å²) in [6, 6.07) is 2.61. The Balaban J connectivity index is 2.06. The highest BCUT2D eigenvalue weighted by molar-refractivity contribution is 5.75. The van der Waals surface area contributed by atoms with E-state index in [4.69, 9.17) is 9.15 Å².